The molecule has 6 heteroatoms. The van der Waals surface area contributed by atoms with E-state index in [-0.39, 0.29) is 11.7 Å². The van der Waals surface area contributed by atoms with E-state index in [0.29, 0.717) is 22.9 Å². The maximum absolute atomic E-state index is 12.2. The van der Waals surface area contributed by atoms with Crippen LogP contribution in [0.25, 0.3) is 21.5 Å². The summed E-state index contributed by atoms with van der Waals surface area (Å²) < 4.78 is 1.44. The van der Waals surface area contributed by atoms with Crippen molar-refractivity contribution >= 4 is 65.5 Å². The molecule has 0 atom stereocenters. The number of phenolic OH excluding ortho intramolecular Hbond substituents is 1. The molecule has 0 spiro atoms. The summed E-state index contributed by atoms with van der Waals surface area (Å²) in [4.78, 5) is 12.2. The second-order valence-electron chi connectivity index (χ2n) is 7.41. The van der Waals surface area contributed by atoms with E-state index < -0.39 is 0 Å². The maximum Gasteiger partial charge on any atom is 0.240 e. The highest BCUT2D eigenvalue weighted by atomic mass is 79.9. The first-order chi connectivity index (χ1) is 14.9. The second kappa shape index (κ2) is 9.20. The molecular formula is C25H20Br2N2O2. The van der Waals surface area contributed by atoms with Gasteiger partial charge in [0, 0.05) is 16.5 Å². The van der Waals surface area contributed by atoms with Gasteiger partial charge in [0.2, 0.25) is 5.91 Å². The van der Waals surface area contributed by atoms with Gasteiger partial charge < -0.3 is 5.11 Å². The predicted octanol–water partition coefficient (Wildman–Crippen LogP) is 6.61. The zero-order chi connectivity index (χ0) is 22.0. The average Bonchev–Trinajstić information content (AvgIpc) is 2.78. The summed E-state index contributed by atoms with van der Waals surface area (Å²) in [5.74, 6) is -0.0954. The molecule has 31 heavy (non-hydrogen) atoms. The molecule has 2 N–H and O–H groups in total. The third-order valence-corrected chi connectivity index (χ3v) is 7.05. The van der Waals surface area contributed by atoms with Gasteiger partial charge in [0.05, 0.1) is 10.7 Å². The van der Waals surface area contributed by atoms with E-state index in [9.17, 15) is 9.90 Å². The van der Waals surface area contributed by atoms with Crippen molar-refractivity contribution in [3.05, 3.63) is 86.3 Å². The van der Waals surface area contributed by atoms with Crippen molar-refractivity contribution in [3.63, 3.8) is 0 Å². The third-order valence-electron chi connectivity index (χ3n) is 5.25. The van der Waals surface area contributed by atoms with Gasteiger partial charge in [-0.25, -0.2) is 5.43 Å². The predicted molar refractivity (Wildman–Crippen MR) is 134 cm³/mol. The summed E-state index contributed by atoms with van der Waals surface area (Å²) in [5, 5.41) is 19.0. The van der Waals surface area contributed by atoms with Crippen LogP contribution in [-0.4, -0.2) is 17.2 Å². The summed E-state index contributed by atoms with van der Waals surface area (Å²) in [6.07, 6.45) is 2.38. The summed E-state index contributed by atoms with van der Waals surface area (Å²) in [6, 6.07) is 20.7. The van der Waals surface area contributed by atoms with E-state index in [4.69, 9.17) is 0 Å². The molecule has 0 unspecified atom stereocenters. The Hall–Kier alpha value is -2.70. The molecule has 0 saturated carbocycles. The number of carbonyl (C=O) groups excluding carboxylic acids is 1. The Morgan fingerprint density at radius 3 is 2.42 bits per heavy atom. The Morgan fingerprint density at radius 2 is 1.68 bits per heavy atom. The molecule has 0 bridgehead atoms. The highest BCUT2D eigenvalue weighted by molar-refractivity contribution is 9.11. The quantitative estimate of drug-likeness (QED) is 0.170. The second-order valence-corrected chi connectivity index (χ2v) is 9.06. The molecule has 1 amide bonds. The monoisotopic (exact) mass is 538 g/mol. The number of halogens is 2. The lowest BCUT2D eigenvalue weighted by Gasteiger charge is -2.07. The molecular weight excluding hydrogens is 520 g/mol. The van der Waals surface area contributed by atoms with Crippen LogP contribution >= 0.6 is 31.9 Å². The van der Waals surface area contributed by atoms with Crippen LogP contribution in [0.1, 0.15) is 23.1 Å². The molecule has 0 fully saturated rings. The molecule has 4 aromatic carbocycles. The number of aryl methyl sites for hydroxylation is 1. The normalized spacial score (nSPS) is 11.5. The molecule has 4 rings (SSSR count). The molecule has 0 radical (unpaired) electrons. The Kier molecular flexibility index (Phi) is 6.39. The molecule has 4 aromatic rings. The lowest BCUT2D eigenvalue weighted by atomic mass is 10.00. The van der Waals surface area contributed by atoms with Gasteiger partial charge in [0.25, 0.3) is 0 Å². The van der Waals surface area contributed by atoms with Gasteiger partial charge in [-0.3, -0.25) is 4.79 Å². The number of hydrogen-bond donors (Lipinski definition) is 2. The Balaban J connectivity index is 1.40. The summed E-state index contributed by atoms with van der Waals surface area (Å²) in [6.45, 7) is 1.88. The van der Waals surface area contributed by atoms with E-state index in [1.54, 1.807) is 6.07 Å². The van der Waals surface area contributed by atoms with Crippen LogP contribution in [0, 0.1) is 6.92 Å². The first-order valence-corrected chi connectivity index (χ1v) is 11.4. The number of nitrogens with one attached hydrogen (secondary N) is 1. The molecule has 0 aliphatic heterocycles. The Labute approximate surface area is 197 Å². The van der Waals surface area contributed by atoms with Gasteiger partial charge in [0.15, 0.2) is 0 Å². The maximum atomic E-state index is 12.2. The highest BCUT2D eigenvalue weighted by Gasteiger charge is 2.10. The Morgan fingerprint density at radius 1 is 1.00 bits per heavy atom. The van der Waals surface area contributed by atoms with E-state index >= 15 is 0 Å². The van der Waals surface area contributed by atoms with Crippen LogP contribution < -0.4 is 5.43 Å². The number of nitrogens with zero attached hydrogens (tertiary/aromatic N) is 1. The summed E-state index contributed by atoms with van der Waals surface area (Å²) in [5.41, 5.74) is 5.03. The average molecular weight is 540 g/mol. The largest absolute Gasteiger partial charge is 0.506 e. The van der Waals surface area contributed by atoms with Gasteiger partial charge in [-0.05, 0) is 80.1 Å². The first kappa shape index (κ1) is 21.5. The van der Waals surface area contributed by atoms with E-state index in [1.165, 1.54) is 27.8 Å². The van der Waals surface area contributed by atoms with Gasteiger partial charge in [-0.1, -0.05) is 58.4 Å². The van der Waals surface area contributed by atoms with Crippen molar-refractivity contribution < 1.29 is 9.90 Å². The lowest BCUT2D eigenvalue weighted by molar-refractivity contribution is -0.121. The number of rotatable bonds is 5. The van der Waals surface area contributed by atoms with Crippen LogP contribution in [0.4, 0.5) is 0 Å². The van der Waals surface area contributed by atoms with Crippen molar-refractivity contribution in [2.75, 3.05) is 0 Å². The number of aromatic hydroxyl groups is 1. The highest BCUT2D eigenvalue weighted by Crippen LogP contribution is 2.35. The van der Waals surface area contributed by atoms with Gasteiger partial charge in [-0.15, -0.1) is 0 Å². The minimum Gasteiger partial charge on any atom is -0.506 e. The number of benzene rings is 4. The SMILES string of the molecule is Cc1c(Br)cc(/C=N\NC(=O)CCc2ccc3cc4ccccc4cc3c2)c(O)c1Br. The standard InChI is InChI=1S/C25H20Br2N2O2/c1-15-22(26)13-21(25(31)24(15)27)14-28-29-23(30)9-7-16-6-8-19-11-17-4-2-3-5-18(17)12-20(19)10-16/h2-6,8,10-14,31H,7,9H2,1H3,(H,29,30)/b28-14-. The van der Waals surface area contributed by atoms with Crippen LogP contribution in [0.5, 0.6) is 5.75 Å². The van der Waals surface area contributed by atoms with Crippen molar-refractivity contribution in [1.82, 2.24) is 5.43 Å². The summed E-state index contributed by atoms with van der Waals surface area (Å²) >= 11 is 6.80. The fourth-order valence-corrected chi connectivity index (χ4v) is 4.61. The number of carbonyl (C=O) groups is 1. The van der Waals surface area contributed by atoms with Crippen molar-refractivity contribution in [3.8, 4) is 5.75 Å². The molecule has 0 aliphatic carbocycles. The number of amides is 1. The van der Waals surface area contributed by atoms with E-state index in [1.807, 2.05) is 19.1 Å². The van der Waals surface area contributed by atoms with Crippen LogP contribution in [0.3, 0.4) is 0 Å². The molecule has 0 saturated heterocycles. The smallest absolute Gasteiger partial charge is 0.240 e. The van der Waals surface area contributed by atoms with Crippen LogP contribution in [-0.2, 0) is 11.2 Å². The molecule has 0 aromatic heterocycles. The van der Waals surface area contributed by atoms with E-state index in [0.717, 1.165) is 15.6 Å². The third kappa shape index (κ3) is 4.81. The van der Waals surface area contributed by atoms with Crippen LogP contribution in [0.15, 0.2) is 74.7 Å². The zero-order valence-electron chi connectivity index (χ0n) is 16.8. The summed E-state index contributed by atoms with van der Waals surface area (Å²) in [7, 11) is 0. The fraction of sp³-hybridized carbons (Fsp3) is 0.120. The molecule has 156 valence electrons. The number of hydrogen-bond acceptors (Lipinski definition) is 3. The minimum atomic E-state index is -0.181. The molecule has 0 heterocycles. The first-order valence-electron chi connectivity index (χ1n) is 9.83. The zero-order valence-corrected chi connectivity index (χ0v) is 20.0. The van der Waals surface area contributed by atoms with Gasteiger partial charge >= 0.3 is 0 Å². The Bertz CT molecular complexity index is 1330. The van der Waals surface area contributed by atoms with Crippen molar-refractivity contribution in [2.45, 2.75) is 19.8 Å². The minimum absolute atomic E-state index is 0.0855. The topological polar surface area (TPSA) is 61.7 Å². The fourth-order valence-electron chi connectivity index (χ4n) is 3.45. The van der Waals surface area contributed by atoms with Crippen molar-refractivity contribution in [1.29, 1.82) is 0 Å². The molecule has 4 nitrogen and oxygen atoms in total. The number of phenols is 1. The van der Waals surface area contributed by atoms with Gasteiger partial charge in [-0.2, -0.15) is 5.10 Å². The lowest BCUT2D eigenvalue weighted by Crippen LogP contribution is -2.17. The van der Waals surface area contributed by atoms with E-state index in [2.05, 4.69) is 84.9 Å². The van der Waals surface area contributed by atoms with Crippen LogP contribution in [0.2, 0.25) is 0 Å². The number of fused-ring (bicyclic) bond motifs is 2. The van der Waals surface area contributed by atoms with Gasteiger partial charge in [0.1, 0.15) is 5.75 Å². The molecule has 0 aliphatic rings. The number of hydrazone groups is 1. The van der Waals surface area contributed by atoms with Crippen molar-refractivity contribution in [2.24, 2.45) is 5.10 Å².